The van der Waals surface area contributed by atoms with Gasteiger partial charge in [-0.05, 0) is 5.56 Å². The van der Waals surface area contributed by atoms with Gasteiger partial charge >= 0.3 is 18.9 Å². The van der Waals surface area contributed by atoms with E-state index in [1.807, 2.05) is 6.07 Å². The van der Waals surface area contributed by atoms with Crippen molar-refractivity contribution in [1.82, 2.24) is 0 Å². The second-order valence-electron chi connectivity index (χ2n) is 1.87. The van der Waals surface area contributed by atoms with E-state index >= 15 is 0 Å². The van der Waals surface area contributed by atoms with Gasteiger partial charge in [0.25, 0.3) is 0 Å². The maximum atomic E-state index is 10.0. The largest absolute Gasteiger partial charge is 1.00 e. The predicted octanol–water partition coefficient (Wildman–Crippen LogP) is -3.39. The van der Waals surface area contributed by atoms with E-state index in [2.05, 4.69) is 0 Å². The van der Waals surface area contributed by atoms with Crippen LogP contribution in [0.1, 0.15) is 5.56 Å². The van der Waals surface area contributed by atoms with E-state index in [-0.39, 0.29) is 37.7 Å². The topological polar surface area (TPSA) is 40.1 Å². The van der Waals surface area contributed by atoms with Crippen LogP contribution in [0.25, 0.3) is 0 Å². The maximum absolute atomic E-state index is 10.0. The number of rotatable bonds is 2. The third-order valence-corrected chi connectivity index (χ3v) is 1.08. The minimum absolute atomic E-state index is 0. The molecule has 0 aliphatic carbocycles. The van der Waals surface area contributed by atoms with Gasteiger partial charge in [-0.25, -0.2) is 0 Å². The quantitative estimate of drug-likeness (QED) is 0.410. The molecule has 0 fully saturated rings. The number of carboxylic acids is 1. The first-order chi connectivity index (χ1) is 4.79. The molecule has 4 heteroatoms. The fraction of sp³-hybridized carbons (Fsp3) is 0. The zero-order valence-electron chi connectivity index (χ0n) is 7.28. The van der Waals surface area contributed by atoms with Gasteiger partial charge < -0.3 is 9.90 Å². The molecule has 0 amide bonds. The summed E-state index contributed by atoms with van der Waals surface area (Å²) in [7, 11) is 0. The average molecular weight is 148 g/mol. The summed E-state index contributed by atoms with van der Waals surface area (Å²) in [4.78, 5) is 10.0. The van der Waals surface area contributed by atoms with E-state index in [1.54, 1.807) is 24.3 Å². The smallest absolute Gasteiger partial charge is 0.549 e. The Labute approximate surface area is 95.7 Å². The van der Waals surface area contributed by atoms with Gasteiger partial charge in [0, 0.05) is 31.3 Å². The SMILES string of the molecule is O=C([O-])[CH]c1ccccc1.[Li+].[Li]. The number of hydrogen-bond donors (Lipinski definition) is 0. The molecule has 0 saturated heterocycles. The van der Waals surface area contributed by atoms with Crippen LogP contribution in [0.3, 0.4) is 0 Å². The van der Waals surface area contributed by atoms with Crippen LogP contribution < -0.4 is 24.0 Å². The fourth-order valence-corrected chi connectivity index (χ4v) is 0.685. The van der Waals surface area contributed by atoms with Gasteiger partial charge in [-0.1, -0.05) is 30.3 Å². The van der Waals surface area contributed by atoms with E-state index in [1.165, 1.54) is 0 Å². The molecule has 1 aromatic rings. The van der Waals surface area contributed by atoms with Crippen LogP contribution in [0.5, 0.6) is 0 Å². The molecule has 2 radical (unpaired) electrons. The maximum Gasteiger partial charge on any atom is 1.00 e. The molecule has 0 bridgehead atoms. The Balaban J connectivity index is 0. The number of benzene rings is 1. The Bertz CT molecular complexity index is 224. The zero-order chi connectivity index (χ0) is 7.40. The van der Waals surface area contributed by atoms with Gasteiger partial charge in [-0.3, -0.25) is 0 Å². The summed E-state index contributed by atoms with van der Waals surface area (Å²) in [6.45, 7) is 0. The summed E-state index contributed by atoms with van der Waals surface area (Å²) in [5.41, 5.74) is 0.655. The van der Waals surface area contributed by atoms with Gasteiger partial charge in [0.15, 0.2) is 0 Å². The van der Waals surface area contributed by atoms with Crippen molar-refractivity contribution in [2.24, 2.45) is 0 Å². The summed E-state index contributed by atoms with van der Waals surface area (Å²) in [5.74, 6) is -1.16. The van der Waals surface area contributed by atoms with Crippen molar-refractivity contribution in [3.8, 4) is 0 Å². The summed E-state index contributed by atoms with van der Waals surface area (Å²) in [6.07, 6.45) is 1.06. The molecular weight excluding hydrogens is 142 g/mol. The Hall–Kier alpha value is -0.115. The molecule has 0 aliphatic rings. The third kappa shape index (κ3) is 5.52. The molecule has 0 aliphatic heterocycles. The summed E-state index contributed by atoms with van der Waals surface area (Å²) >= 11 is 0. The van der Waals surface area contributed by atoms with Gasteiger partial charge in [0.2, 0.25) is 0 Å². The number of carboxylic acid groups (broad SMARTS) is 1. The van der Waals surface area contributed by atoms with E-state index in [0.717, 1.165) is 6.42 Å². The van der Waals surface area contributed by atoms with Crippen molar-refractivity contribution in [2.45, 2.75) is 0 Å². The van der Waals surface area contributed by atoms with E-state index in [9.17, 15) is 9.90 Å². The van der Waals surface area contributed by atoms with Crippen LogP contribution in [0.4, 0.5) is 0 Å². The first-order valence-electron chi connectivity index (χ1n) is 2.90. The van der Waals surface area contributed by atoms with E-state index in [0.29, 0.717) is 5.56 Å². The molecule has 0 N–H and O–H groups in total. The van der Waals surface area contributed by atoms with E-state index in [4.69, 9.17) is 0 Å². The number of carbonyl (C=O) groups is 1. The minimum atomic E-state index is -1.16. The van der Waals surface area contributed by atoms with Crippen molar-refractivity contribution >= 4 is 24.8 Å². The molecule has 0 atom stereocenters. The molecule has 0 spiro atoms. The molecule has 0 heterocycles. The van der Waals surface area contributed by atoms with Crippen LogP contribution in [0, 0.1) is 6.42 Å². The van der Waals surface area contributed by atoms with Gasteiger partial charge in [0.05, 0.1) is 0 Å². The second-order valence-corrected chi connectivity index (χ2v) is 1.87. The normalized spacial score (nSPS) is 7.67. The van der Waals surface area contributed by atoms with Crippen LogP contribution in [0.2, 0.25) is 0 Å². The third-order valence-electron chi connectivity index (χ3n) is 1.08. The first kappa shape index (κ1) is 14.4. The zero-order valence-corrected chi connectivity index (χ0v) is 7.28. The Morgan fingerprint density at radius 3 is 2.17 bits per heavy atom. The molecule has 12 heavy (non-hydrogen) atoms. The Kier molecular flexibility index (Phi) is 9.04. The second kappa shape index (κ2) is 7.53. The molecule has 0 saturated carbocycles. The van der Waals surface area contributed by atoms with Crippen molar-refractivity contribution in [3.63, 3.8) is 0 Å². The van der Waals surface area contributed by atoms with Crippen molar-refractivity contribution in [1.29, 1.82) is 0 Å². The molecule has 52 valence electrons. The van der Waals surface area contributed by atoms with Gasteiger partial charge in [-0.2, -0.15) is 0 Å². The minimum Gasteiger partial charge on any atom is -0.549 e. The predicted molar refractivity (Wildman–Crippen MR) is 40.6 cm³/mol. The first-order valence-corrected chi connectivity index (χ1v) is 2.90. The van der Waals surface area contributed by atoms with Crippen LogP contribution in [-0.4, -0.2) is 24.8 Å². The summed E-state index contributed by atoms with van der Waals surface area (Å²) in [6, 6.07) is 8.78. The van der Waals surface area contributed by atoms with Crippen LogP contribution >= 0.6 is 0 Å². The van der Waals surface area contributed by atoms with E-state index < -0.39 is 5.97 Å². The summed E-state index contributed by atoms with van der Waals surface area (Å²) < 4.78 is 0. The van der Waals surface area contributed by atoms with Crippen LogP contribution in [0.15, 0.2) is 30.3 Å². The molecular formula is C8H6Li2O2. The molecule has 0 unspecified atom stereocenters. The fourth-order valence-electron chi connectivity index (χ4n) is 0.685. The van der Waals surface area contributed by atoms with Crippen molar-refractivity contribution < 1.29 is 28.8 Å². The monoisotopic (exact) mass is 148 g/mol. The van der Waals surface area contributed by atoms with Crippen molar-refractivity contribution in [3.05, 3.63) is 42.3 Å². The molecule has 2 nitrogen and oxygen atoms in total. The van der Waals surface area contributed by atoms with Gasteiger partial charge in [-0.15, -0.1) is 0 Å². The number of aliphatic carboxylic acids is 1. The standard InChI is InChI=1S/C8H7O2.2Li/c9-8(10)6-7-4-2-1-3-5-7;;/h1-6H,(H,9,10);;/q;;+1/p-1. The van der Waals surface area contributed by atoms with Crippen LogP contribution in [-0.2, 0) is 4.79 Å². The number of carbonyl (C=O) groups excluding carboxylic acids is 1. The van der Waals surface area contributed by atoms with Crippen molar-refractivity contribution in [2.75, 3.05) is 0 Å². The molecule has 1 rings (SSSR count). The summed E-state index contributed by atoms with van der Waals surface area (Å²) in [5, 5.41) is 10.0. The molecule has 1 aromatic carbocycles. The Morgan fingerprint density at radius 2 is 1.75 bits per heavy atom. The number of hydrogen-bond acceptors (Lipinski definition) is 2. The average Bonchev–Trinajstić information content (AvgIpc) is 1.88. The molecule has 0 aromatic heterocycles. The van der Waals surface area contributed by atoms with Gasteiger partial charge in [0.1, 0.15) is 0 Å². The Morgan fingerprint density at radius 1 is 1.25 bits per heavy atom.